The predicted octanol–water partition coefficient (Wildman–Crippen LogP) is 1.07. The van der Waals surface area contributed by atoms with E-state index in [1.807, 2.05) is 13.8 Å². The van der Waals surface area contributed by atoms with Crippen molar-refractivity contribution in [1.82, 2.24) is 15.4 Å². The van der Waals surface area contributed by atoms with Crippen LogP contribution in [0.5, 0.6) is 0 Å². The van der Waals surface area contributed by atoms with E-state index in [-0.39, 0.29) is 35.8 Å². The molecule has 1 fully saturated rings. The van der Waals surface area contributed by atoms with Gasteiger partial charge in [0.2, 0.25) is 10.0 Å². The van der Waals surface area contributed by atoms with Crippen LogP contribution in [0.3, 0.4) is 0 Å². The molecule has 3 N–H and O–H groups in total. The van der Waals surface area contributed by atoms with E-state index in [4.69, 9.17) is 9.47 Å². The standard InChI is InChI=1S/C16H34N4O4S.HI/c1-3-17-16(18-9-7-11-23-4-2)19-10-13-25(21,22)20-14-15-8-5-6-12-24-15;/h15,20H,3-14H2,1-2H3,(H2,17,18,19);1H. The van der Waals surface area contributed by atoms with Gasteiger partial charge in [0, 0.05) is 46.0 Å². The molecule has 1 saturated heterocycles. The number of nitrogens with zero attached hydrogens (tertiary/aromatic N) is 1. The van der Waals surface area contributed by atoms with Gasteiger partial charge in [-0.1, -0.05) is 0 Å². The lowest BCUT2D eigenvalue weighted by atomic mass is 10.1. The average Bonchev–Trinajstić information content (AvgIpc) is 2.60. The van der Waals surface area contributed by atoms with Gasteiger partial charge in [-0.05, 0) is 39.5 Å². The number of hydrogen-bond acceptors (Lipinski definition) is 5. The van der Waals surface area contributed by atoms with Crippen LogP contribution in [0.25, 0.3) is 0 Å². The fraction of sp³-hybridized carbons (Fsp3) is 0.938. The number of aliphatic imine (C=N–C) groups is 1. The maximum atomic E-state index is 12.1. The van der Waals surface area contributed by atoms with Crippen LogP contribution in [0.15, 0.2) is 4.99 Å². The van der Waals surface area contributed by atoms with Gasteiger partial charge in [-0.25, -0.2) is 13.1 Å². The minimum Gasteiger partial charge on any atom is -0.382 e. The van der Waals surface area contributed by atoms with Crippen LogP contribution in [-0.2, 0) is 19.5 Å². The third-order valence-corrected chi connectivity index (χ3v) is 5.08. The van der Waals surface area contributed by atoms with E-state index in [0.717, 1.165) is 38.8 Å². The van der Waals surface area contributed by atoms with Gasteiger partial charge >= 0.3 is 0 Å². The first-order chi connectivity index (χ1) is 12.1. The lowest BCUT2D eigenvalue weighted by Gasteiger charge is -2.22. The Labute approximate surface area is 175 Å². The second-order valence-corrected chi connectivity index (χ2v) is 7.82. The molecule has 1 unspecified atom stereocenters. The van der Waals surface area contributed by atoms with Crippen molar-refractivity contribution in [2.45, 2.75) is 45.6 Å². The Balaban J connectivity index is 0.00000625. The van der Waals surface area contributed by atoms with Crippen molar-refractivity contribution < 1.29 is 17.9 Å². The third-order valence-electron chi connectivity index (χ3n) is 3.73. The summed E-state index contributed by atoms with van der Waals surface area (Å²) in [6.45, 7) is 8.07. The summed E-state index contributed by atoms with van der Waals surface area (Å²) in [7, 11) is -3.32. The van der Waals surface area contributed by atoms with Gasteiger partial charge in [0.1, 0.15) is 0 Å². The second kappa shape index (κ2) is 15.8. The largest absolute Gasteiger partial charge is 0.382 e. The van der Waals surface area contributed by atoms with Crippen molar-refractivity contribution in [3.05, 3.63) is 0 Å². The molecule has 1 atom stereocenters. The van der Waals surface area contributed by atoms with Crippen LogP contribution in [0.4, 0.5) is 0 Å². The molecule has 0 spiro atoms. The summed E-state index contributed by atoms with van der Waals surface area (Å²) in [6.07, 6.45) is 3.91. The van der Waals surface area contributed by atoms with Crippen LogP contribution in [0.1, 0.15) is 39.5 Å². The van der Waals surface area contributed by atoms with Crippen molar-refractivity contribution in [2.75, 3.05) is 51.8 Å². The molecule has 1 aliphatic heterocycles. The number of ether oxygens (including phenoxy) is 2. The quantitative estimate of drug-likeness (QED) is 0.159. The fourth-order valence-corrected chi connectivity index (χ4v) is 3.36. The molecule has 1 aliphatic rings. The molecule has 0 aromatic rings. The zero-order chi connectivity index (χ0) is 18.4. The third kappa shape index (κ3) is 13.1. The minimum atomic E-state index is -3.32. The Bertz CT molecular complexity index is 471. The van der Waals surface area contributed by atoms with Gasteiger partial charge in [0.15, 0.2) is 5.96 Å². The van der Waals surface area contributed by atoms with Crippen molar-refractivity contribution in [2.24, 2.45) is 4.99 Å². The van der Waals surface area contributed by atoms with E-state index in [9.17, 15) is 8.42 Å². The summed E-state index contributed by atoms with van der Waals surface area (Å²) in [5.74, 6) is 0.633. The van der Waals surface area contributed by atoms with Gasteiger partial charge in [-0.2, -0.15) is 0 Å². The van der Waals surface area contributed by atoms with Crippen molar-refractivity contribution in [3.8, 4) is 0 Å². The Morgan fingerprint density at radius 1 is 1.27 bits per heavy atom. The molecule has 0 bridgehead atoms. The van der Waals surface area contributed by atoms with Crippen molar-refractivity contribution in [3.63, 3.8) is 0 Å². The molecule has 156 valence electrons. The van der Waals surface area contributed by atoms with Crippen LogP contribution in [0.2, 0.25) is 0 Å². The predicted molar refractivity (Wildman–Crippen MR) is 116 cm³/mol. The van der Waals surface area contributed by atoms with Crippen LogP contribution >= 0.6 is 24.0 Å². The van der Waals surface area contributed by atoms with Gasteiger partial charge in [-0.3, -0.25) is 4.99 Å². The Kier molecular flexibility index (Phi) is 15.7. The first kappa shape index (κ1) is 25.8. The van der Waals surface area contributed by atoms with Gasteiger partial charge < -0.3 is 20.1 Å². The number of halogens is 1. The summed E-state index contributed by atoms with van der Waals surface area (Å²) in [6, 6.07) is 0. The summed E-state index contributed by atoms with van der Waals surface area (Å²) in [5, 5.41) is 6.16. The number of rotatable bonds is 12. The first-order valence-electron chi connectivity index (χ1n) is 9.26. The molecule has 1 heterocycles. The highest BCUT2D eigenvalue weighted by Gasteiger charge is 2.17. The van der Waals surface area contributed by atoms with E-state index in [2.05, 4.69) is 20.3 Å². The molecule has 0 aliphatic carbocycles. The molecule has 1 rings (SSSR count). The highest BCUT2D eigenvalue weighted by Crippen LogP contribution is 2.11. The Hall–Kier alpha value is -0.170. The molecule has 0 amide bonds. The number of nitrogens with one attached hydrogen (secondary N) is 3. The molecule has 0 aromatic heterocycles. The lowest BCUT2D eigenvalue weighted by Crippen LogP contribution is -2.42. The van der Waals surface area contributed by atoms with E-state index in [1.54, 1.807) is 0 Å². The molecule has 0 saturated carbocycles. The topological polar surface area (TPSA) is 101 Å². The van der Waals surface area contributed by atoms with E-state index >= 15 is 0 Å². The lowest BCUT2D eigenvalue weighted by molar-refractivity contribution is 0.0200. The number of hydrogen-bond donors (Lipinski definition) is 3. The van der Waals surface area contributed by atoms with Crippen LogP contribution in [0, 0.1) is 0 Å². The van der Waals surface area contributed by atoms with Crippen molar-refractivity contribution in [1.29, 1.82) is 0 Å². The molecule has 0 radical (unpaired) electrons. The molecular formula is C16H35IN4O4S. The normalized spacial score (nSPS) is 18.2. The highest BCUT2D eigenvalue weighted by molar-refractivity contribution is 14.0. The maximum Gasteiger partial charge on any atom is 0.213 e. The van der Waals surface area contributed by atoms with E-state index in [1.165, 1.54) is 0 Å². The zero-order valence-corrected chi connectivity index (χ0v) is 19.1. The SMILES string of the molecule is CCNC(=NCCCOCC)NCCS(=O)(=O)NCC1CCCCO1.I. The Morgan fingerprint density at radius 2 is 2.08 bits per heavy atom. The van der Waals surface area contributed by atoms with Gasteiger partial charge in [0.25, 0.3) is 0 Å². The Morgan fingerprint density at radius 3 is 2.73 bits per heavy atom. The minimum absolute atomic E-state index is 0. The molecule has 0 aromatic carbocycles. The van der Waals surface area contributed by atoms with Crippen molar-refractivity contribution >= 4 is 40.0 Å². The first-order valence-corrected chi connectivity index (χ1v) is 10.9. The monoisotopic (exact) mass is 506 g/mol. The van der Waals surface area contributed by atoms with E-state index in [0.29, 0.717) is 38.8 Å². The van der Waals surface area contributed by atoms with Crippen LogP contribution < -0.4 is 15.4 Å². The van der Waals surface area contributed by atoms with E-state index < -0.39 is 10.0 Å². The molecular weight excluding hydrogens is 471 g/mol. The van der Waals surface area contributed by atoms with Crippen LogP contribution in [-0.4, -0.2) is 72.2 Å². The summed E-state index contributed by atoms with van der Waals surface area (Å²) in [5.41, 5.74) is 0. The molecule has 8 nitrogen and oxygen atoms in total. The fourth-order valence-electron chi connectivity index (χ4n) is 2.41. The maximum absolute atomic E-state index is 12.1. The number of sulfonamides is 1. The number of guanidine groups is 1. The highest BCUT2D eigenvalue weighted by atomic mass is 127. The second-order valence-electron chi connectivity index (χ2n) is 5.89. The summed E-state index contributed by atoms with van der Waals surface area (Å²) >= 11 is 0. The average molecular weight is 506 g/mol. The van der Waals surface area contributed by atoms with Gasteiger partial charge in [0.05, 0.1) is 11.9 Å². The molecule has 26 heavy (non-hydrogen) atoms. The van der Waals surface area contributed by atoms with Gasteiger partial charge in [-0.15, -0.1) is 24.0 Å². The zero-order valence-electron chi connectivity index (χ0n) is 16.0. The summed E-state index contributed by atoms with van der Waals surface area (Å²) < 4.78 is 37.6. The smallest absolute Gasteiger partial charge is 0.213 e. The summed E-state index contributed by atoms with van der Waals surface area (Å²) in [4.78, 5) is 4.40. The molecule has 10 heteroatoms.